The first-order chi connectivity index (χ1) is 10.1. The zero-order valence-corrected chi connectivity index (χ0v) is 11.9. The number of nitrogens with two attached hydrogens (primary N) is 1. The standard InChI is InChI=1S/C18H17FN2/c1-18(20,10-13-5-4-7-15(19)9-13)17-12-21-11-14-6-2-3-8-16(14)17/h2-9,11-12H,10,20H2,1H3. The van der Waals surface area contributed by atoms with Crippen LogP contribution < -0.4 is 5.73 Å². The summed E-state index contributed by atoms with van der Waals surface area (Å²) in [6.45, 7) is 1.96. The lowest BCUT2D eigenvalue weighted by Crippen LogP contribution is -2.35. The normalized spacial score (nSPS) is 14.0. The number of hydrogen-bond acceptors (Lipinski definition) is 2. The van der Waals surface area contributed by atoms with Gasteiger partial charge in [0, 0.05) is 23.3 Å². The van der Waals surface area contributed by atoms with Gasteiger partial charge in [-0.15, -0.1) is 0 Å². The lowest BCUT2D eigenvalue weighted by Gasteiger charge is -2.26. The maximum atomic E-state index is 13.3. The first kappa shape index (κ1) is 13.7. The van der Waals surface area contributed by atoms with E-state index in [1.165, 1.54) is 12.1 Å². The van der Waals surface area contributed by atoms with Crippen molar-refractivity contribution in [2.75, 3.05) is 0 Å². The molecule has 1 heterocycles. The molecule has 0 saturated heterocycles. The fourth-order valence-electron chi connectivity index (χ4n) is 2.74. The molecule has 0 aliphatic carbocycles. The monoisotopic (exact) mass is 280 g/mol. The topological polar surface area (TPSA) is 38.9 Å². The smallest absolute Gasteiger partial charge is 0.123 e. The number of benzene rings is 2. The summed E-state index contributed by atoms with van der Waals surface area (Å²) in [5, 5.41) is 2.15. The zero-order chi connectivity index (χ0) is 14.9. The largest absolute Gasteiger partial charge is 0.321 e. The fourth-order valence-corrected chi connectivity index (χ4v) is 2.74. The van der Waals surface area contributed by atoms with Gasteiger partial charge in [0.2, 0.25) is 0 Å². The van der Waals surface area contributed by atoms with Crippen molar-refractivity contribution < 1.29 is 4.39 Å². The molecular formula is C18H17FN2. The molecule has 0 amide bonds. The maximum absolute atomic E-state index is 13.3. The zero-order valence-electron chi connectivity index (χ0n) is 11.9. The van der Waals surface area contributed by atoms with Gasteiger partial charge in [-0.1, -0.05) is 36.4 Å². The Morgan fingerprint density at radius 1 is 1.10 bits per heavy atom. The fraction of sp³-hybridized carbons (Fsp3) is 0.167. The molecule has 1 aromatic heterocycles. The van der Waals surface area contributed by atoms with E-state index in [0.717, 1.165) is 21.9 Å². The maximum Gasteiger partial charge on any atom is 0.123 e. The van der Waals surface area contributed by atoms with Crippen LogP contribution in [-0.4, -0.2) is 4.98 Å². The van der Waals surface area contributed by atoms with Crippen molar-refractivity contribution in [3.8, 4) is 0 Å². The van der Waals surface area contributed by atoms with E-state index in [1.807, 2.05) is 49.6 Å². The van der Waals surface area contributed by atoms with Crippen LogP contribution in [0.15, 0.2) is 60.9 Å². The van der Waals surface area contributed by atoms with Crippen molar-refractivity contribution in [2.45, 2.75) is 18.9 Å². The van der Waals surface area contributed by atoms with Gasteiger partial charge in [0.15, 0.2) is 0 Å². The van der Waals surface area contributed by atoms with Gasteiger partial charge in [0.05, 0.1) is 0 Å². The molecule has 106 valence electrons. The van der Waals surface area contributed by atoms with Crippen LogP contribution in [0.2, 0.25) is 0 Å². The highest BCUT2D eigenvalue weighted by Gasteiger charge is 2.24. The molecule has 2 N–H and O–H groups in total. The second-order valence-corrected chi connectivity index (χ2v) is 5.63. The first-order valence-electron chi connectivity index (χ1n) is 6.93. The lowest BCUT2D eigenvalue weighted by molar-refractivity contribution is 0.492. The molecule has 0 saturated carbocycles. The van der Waals surface area contributed by atoms with Gasteiger partial charge in [0.25, 0.3) is 0 Å². The lowest BCUT2D eigenvalue weighted by atomic mass is 9.85. The summed E-state index contributed by atoms with van der Waals surface area (Å²) in [7, 11) is 0. The number of aromatic nitrogens is 1. The van der Waals surface area contributed by atoms with Gasteiger partial charge < -0.3 is 5.73 Å². The summed E-state index contributed by atoms with van der Waals surface area (Å²) in [5.41, 5.74) is 7.77. The van der Waals surface area contributed by atoms with E-state index in [-0.39, 0.29) is 5.82 Å². The van der Waals surface area contributed by atoms with Gasteiger partial charge in [-0.25, -0.2) is 4.39 Å². The van der Waals surface area contributed by atoms with Crippen LogP contribution in [0.1, 0.15) is 18.1 Å². The minimum Gasteiger partial charge on any atom is -0.321 e. The Morgan fingerprint density at radius 3 is 2.71 bits per heavy atom. The van der Waals surface area contributed by atoms with Gasteiger partial charge in [-0.2, -0.15) is 0 Å². The summed E-state index contributed by atoms with van der Waals surface area (Å²) in [5.74, 6) is -0.237. The second kappa shape index (κ2) is 5.26. The highest BCUT2D eigenvalue weighted by atomic mass is 19.1. The molecule has 0 bridgehead atoms. The van der Waals surface area contributed by atoms with Gasteiger partial charge in [-0.3, -0.25) is 4.98 Å². The highest BCUT2D eigenvalue weighted by molar-refractivity contribution is 5.85. The summed E-state index contributed by atoms with van der Waals surface area (Å²) in [4.78, 5) is 4.28. The summed E-state index contributed by atoms with van der Waals surface area (Å²) in [6.07, 6.45) is 4.19. The van der Waals surface area contributed by atoms with Gasteiger partial charge >= 0.3 is 0 Å². The van der Waals surface area contributed by atoms with E-state index in [9.17, 15) is 4.39 Å². The molecule has 0 spiro atoms. The minimum absolute atomic E-state index is 0.237. The number of halogens is 1. The molecule has 1 unspecified atom stereocenters. The Kier molecular flexibility index (Phi) is 3.43. The first-order valence-corrected chi connectivity index (χ1v) is 6.93. The Hall–Kier alpha value is -2.26. The minimum atomic E-state index is -0.609. The second-order valence-electron chi connectivity index (χ2n) is 5.63. The third-order valence-corrected chi connectivity index (χ3v) is 3.74. The number of nitrogens with zero attached hydrogens (tertiary/aromatic N) is 1. The van der Waals surface area contributed by atoms with Crippen LogP contribution in [0.4, 0.5) is 4.39 Å². The van der Waals surface area contributed by atoms with Crippen LogP contribution in [-0.2, 0) is 12.0 Å². The summed E-state index contributed by atoms with van der Waals surface area (Å²) < 4.78 is 13.3. The van der Waals surface area contributed by atoms with Crippen LogP contribution in [0.5, 0.6) is 0 Å². The van der Waals surface area contributed by atoms with Crippen LogP contribution in [0.3, 0.4) is 0 Å². The van der Waals surface area contributed by atoms with E-state index in [2.05, 4.69) is 4.98 Å². The molecule has 0 aliphatic rings. The van der Waals surface area contributed by atoms with Crippen molar-refractivity contribution in [1.29, 1.82) is 0 Å². The van der Waals surface area contributed by atoms with Crippen molar-refractivity contribution in [2.24, 2.45) is 5.73 Å². The number of pyridine rings is 1. The molecule has 0 fully saturated rings. The van der Waals surface area contributed by atoms with Crippen LogP contribution in [0, 0.1) is 5.82 Å². The molecule has 1 atom stereocenters. The predicted octanol–water partition coefficient (Wildman–Crippen LogP) is 3.79. The number of hydrogen-bond donors (Lipinski definition) is 1. The SMILES string of the molecule is CC(N)(Cc1cccc(F)c1)c1cncc2ccccc12. The van der Waals surface area contributed by atoms with Crippen LogP contribution in [0.25, 0.3) is 10.8 Å². The molecule has 3 rings (SSSR count). The van der Waals surface area contributed by atoms with Crippen molar-refractivity contribution in [3.63, 3.8) is 0 Å². The Balaban J connectivity index is 2.04. The molecular weight excluding hydrogens is 263 g/mol. The van der Waals surface area contributed by atoms with E-state index in [0.29, 0.717) is 6.42 Å². The summed E-state index contributed by atoms with van der Waals surface area (Å²) in [6, 6.07) is 14.6. The third-order valence-electron chi connectivity index (χ3n) is 3.74. The predicted molar refractivity (Wildman–Crippen MR) is 83.4 cm³/mol. The Labute approximate surface area is 123 Å². The van der Waals surface area contributed by atoms with Crippen molar-refractivity contribution in [3.05, 3.63) is 77.9 Å². The Morgan fingerprint density at radius 2 is 1.90 bits per heavy atom. The van der Waals surface area contributed by atoms with Gasteiger partial charge in [-0.05, 0) is 42.0 Å². The van der Waals surface area contributed by atoms with E-state index < -0.39 is 5.54 Å². The van der Waals surface area contributed by atoms with Crippen molar-refractivity contribution in [1.82, 2.24) is 4.98 Å². The molecule has 2 aromatic carbocycles. The van der Waals surface area contributed by atoms with Crippen LogP contribution >= 0.6 is 0 Å². The highest BCUT2D eigenvalue weighted by Crippen LogP contribution is 2.28. The molecule has 0 radical (unpaired) electrons. The molecule has 0 aliphatic heterocycles. The third kappa shape index (κ3) is 2.78. The van der Waals surface area contributed by atoms with Gasteiger partial charge in [0.1, 0.15) is 5.82 Å². The molecule has 3 heteroatoms. The number of rotatable bonds is 3. The summed E-state index contributed by atoms with van der Waals surface area (Å²) >= 11 is 0. The average Bonchev–Trinajstić information content (AvgIpc) is 2.46. The Bertz CT molecular complexity index is 776. The van der Waals surface area contributed by atoms with E-state index >= 15 is 0 Å². The molecule has 3 aromatic rings. The average molecular weight is 280 g/mol. The number of fused-ring (bicyclic) bond motifs is 1. The molecule has 21 heavy (non-hydrogen) atoms. The molecule has 2 nitrogen and oxygen atoms in total. The van der Waals surface area contributed by atoms with E-state index in [1.54, 1.807) is 6.07 Å². The quantitative estimate of drug-likeness (QED) is 0.792. The van der Waals surface area contributed by atoms with E-state index in [4.69, 9.17) is 5.73 Å². The van der Waals surface area contributed by atoms with Crippen molar-refractivity contribution >= 4 is 10.8 Å².